The number of hydrogen-bond acceptors (Lipinski definition) is 4. The van der Waals surface area contributed by atoms with Crippen molar-refractivity contribution in [3.05, 3.63) is 80.5 Å². The van der Waals surface area contributed by atoms with Gasteiger partial charge in [0.2, 0.25) is 0 Å². The van der Waals surface area contributed by atoms with Crippen LogP contribution < -0.4 is 14.8 Å². The van der Waals surface area contributed by atoms with Crippen molar-refractivity contribution in [1.29, 1.82) is 0 Å². The van der Waals surface area contributed by atoms with Gasteiger partial charge in [-0.3, -0.25) is 0 Å². The third-order valence-electron chi connectivity index (χ3n) is 3.84. The van der Waals surface area contributed by atoms with E-state index in [9.17, 15) is 0 Å². The van der Waals surface area contributed by atoms with Gasteiger partial charge in [0.15, 0.2) is 11.5 Å². The topological polar surface area (TPSA) is 30.5 Å². The monoisotopic (exact) mass is 431 g/mol. The number of thiophene rings is 1. The maximum atomic E-state index is 6.00. The molecule has 0 aliphatic rings. The molecule has 0 atom stereocenters. The van der Waals surface area contributed by atoms with Crippen molar-refractivity contribution >= 4 is 27.3 Å². The minimum Gasteiger partial charge on any atom is -0.490 e. The molecule has 0 fully saturated rings. The quantitative estimate of drug-likeness (QED) is 0.465. The third-order valence-corrected chi connectivity index (χ3v) is 5.46. The molecular weight excluding hydrogens is 410 g/mol. The Labute approximate surface area is 167 Å². The van der Waals surface area contributed by atoms with Crippen LogP contribution in [0.2, 0.25) is 0 Å². The Bertz CT molecular complexity index is 806. The van der Waals surface area contributed by atoms with E-state index >= 15 is 0 Å². The van der Waals surface area contributed by atoms with Crippen molar-refractivity contribution in [3.8, 4) is 11.5 Å². The Kier molecular flexibility index (Phi) is 7.12. The van der Waals surface area contributed by atoms with Gasteiger partial charge in [-0.2, -0.15) is 0 Å². The fourth-order valence-corrected chi connectivity index (χ4v) is 3.70. The highest BCUT2D eigenvalue weighted by molar-refractivity contribution is 9.10. The standard InChI is InChI=1S/C21H22BrNO2S/c1-2-24-20-11-17(13-23-14-18-9-6-10-26-18)19(22)12-21(20)25-15-16-7-4-3-5-8-16/h3-12,23H,2,13-15H2,1H3. The van der Waals surface area contributed by atoms with Crippen LogP contribution in [0.15, 0.2) is 64.5 Å². The van der Waals surface area contributed by atoms with E-state index < -0.39 is 0 Å². The second-order valence-electron chi connectivity index (χ2n) is 5.78. The third kappa shape index (κ3) is 5.34. The van der Waals surface area contributed by atoms with Crippen molar-refractivity contribution in [3.63, 3.8) is 0 Å². The van der Waals surface area contributed by atoms with E-state index in [2.05, 4.69) is 57.0 Å². The summed E-state index contributed by atoms with van der Waals surface area (Å²) >= 11 is 5.43. The molecular formula is C21H22BrNO2S. The van der Waals surface area contributed by atoms with Gasteiger partial charge in [-0.15, -0.1) is 11.3 Å². The lowest BCUT2D eigenvalue weighted by Crippen LogP contribution is -2.12. The summed E-state index contributed by atoms with van der Waals surface area (Å²) < 4.78 is 12.8. The number of hydrogen-bond donors (Lipinski definition) is 1. The van der Waals surface area contributed by atoms with E-state index in [4.69, 9.17) is 9.47 Å². The second-order valence-corrected chi connectivity index (χ2v) is 7.67. The zero-order chi connectivity index (χ0) is 18.2. The minimum absolute atomic E-state index is 0.517. The Morgan fingerprint density at radius 3 is 2.50 bits per heavy atom. The molecule has 0 amide bonds. The second kappa shape index (κ2) is 9.76. The largest absolute Gasteiger partial charge is 0.490 e. The molecule has 5 heteroatoms. The summed E-state index contributed by atoms with van der Waals surface area (Å²) in [5.41, 5.74) is 2.28. The van der Waals surface area contributed by atoms with E-state index in [0.29, 0.717) is 13.2 Å². The zero-order valence-corrected chi connectivity index (χ0v) is 17.1. The van der Waals surface area contributed by atoms with Gasteiger partial charge in [0.05, 0.1) is 6.61 Å². The van der Waals surface area contributed by atoms with Crippen LogP contribution in [-0.2, 0) is 19.7 Å². The lowest BCUT2D eigenvalue weighted by atomic mass is 10.2. The molecule has 0 spiro atoms. The van der Waals surface area contributed by atoms with Gasteiger partial charge in [-0.1, -0.05) is 52.3 Å². The summed E-state index contributed by atoms with van der Waals surface area (Å²) in [6, 6.07) is 18.4. The van der Waals surface area contributed by atoms with E-state index in [1.165, 1.54) is 4.88 Å². The first kappa shape index (κ1) is 19.0. The molecule has 3 aromatic rings. The average molecular weight is 432 g/mol. The van der Waals surface area contributed by atoms with Gasteiger partial charge in [0.1, 0.15) is 6.61 Å². The Hall–Kier alpha value is -1.82. The van der Waals surface area contributed by atoms with E-state index in [0.717, 1.165) is 40.2 Å². The summed E-state index contributed by atoms with van der Waals surface area (Å²) in [6.07, 6.45) is 0. The van der Waals surface area contributed by atoms with E-state index in [1.807, 2.05) is 31.2 Å². The number of halogens is 1. The Morgan fingerprint density at radius 1 is 0.962 bits per heavy atom. The first-order valence-corrected chi connectivity index (χ1v) is 10.3. The first-order valence-electron chi connectivity index (χ1n) is 8.61. The maximum Gasteiger partial charge on any atom is 0.162 e. The van der Waals surface area contributed by atoms with Crippen molar-refractivity contribution in [2.24, 2.45) is 0 Å². The van der Waals surface area contributed by atoms with Crippen molar-refractivity contribution < 1.29 is 9.47 Å². The van der Waals surface area contributed by atoms with Crippen LogP contribution in [0, 0.1) is 0 Å². The normalized spacial score (nSPS) is 10.7. The summed E-state index contributed by atoms with van der Waals surface area (Å²) in [7, 11) is 0. The maximum absolute atomic E-state index is 6.00. The minimum atomic E-state index is 0.517. The molecule has 2 aromatic carbocycles. The van der Waals surface area contributed by atoms with Crippen molar-refractivity contribution in [1.82, 2.24) is 5.32 Å². The van der Waals surface area contributed by atoms with Crippen LogP contribution in [-0.4, -0.2) is 6.61 Å². The molecule has 0 bridgehead atoms. The van der Waals surface area contributed by atoms with Gasteiger partial charge in [0.25, 0.3) is 0 Å². The predicted octanol–water partition coefficient (Wildman–Crippen LogP) is 5.78. The first-order chi connectivity index (χ1) is 12.8. The van der Waals surface area contributed by atoms with E-state index in [-0.39, 0.29) is 0 Å². The highest BCUT2D eigenvalue weighted by Crippen LogP contribution is 2.34. The summed E-state index contributed by atoms with van der Waals surface area (Å²) in [5, 5.41) is 5.57. The predicted molar refractivity (Wildman–Crippen MR) is 111 cm³/mol. The SMILES string of the molecule is CCOc1cc(CNCc2cccs2)c(Br)cc1OCc1ccccc1. The van der Waals surface area contributed by atoms with Crippen LogP contribution in [0.3, 0.4) is 0 Å². The molecule has 0 unspecified atom stereocenters. The van der Waals surface area contributed by atoms with Crippen molar-refractivity contribution in [2.75, 3.05) is 6.61 Å². The molecule has 3 nitrogen and oxygen atoms in total. The summed E-state index contributed by atoms with van der Waals surface area (Å²) in [4.78, 5) is 1.33. The van der Waals surface area contributed by atoms with Crippen molar-refractivity contribution in [2.45, 2.75) is 26.6 Å². The van der Waals surface area contributed by atoms with Gasteiger partial charge in [0, 0.05) is 22.4 Å². The number of rotatable bonds is 9. The highest BCUT2D eigenvalue weighted by Gasteiger charge is 2.11. The van der Waals surface area contributed by atoms with Gasteiger partial charge < -0.3 is 14.8 Å². The fourth-order valence-electron chi connectivity index (χ4n) is 2.56. The smallest absolute Gasteiger partial charge is 0.162 e. The van der Waals surface area contributed by atoms with Gasteiger partial charge in [-0.25, -0.2) is 0 Å². The summed E-state index contributed by atoms with van der Waals surface area (Å²) in [5.74, 6) is 1.53. The van der Waals surface area contributed by atoms with Gasteiger partial charge in [-0.05, 0) is 41.6 Å². The van der Waals surface area contributed by atoms with Crippen LogP contribution in [0.5, 0.6) is 11.5 Å². The average Bonchev–Trinajstić information content (AvgIpc) is 3.17. The molecule has 0 aliphatic carbocycles. The van der Waals surface area contributed by atoms with Crippen LogP contribution in [0.4, 0.5) is 0 Å². The Balaban J connectivity index is 1.68. The molecule has 3 rings (SSSR count). The molecule has 0 radical (unpaired) electrons. The lowest BCUT2D eigenvalue weighted by molar-refractivity contribution is 0.269. The number of nitrogens with one attached hydrogen (secondary N) is 1. The molecule has 0 aliphatic heterocycles. The molecule has 136 valence electrons. The number of benzene rings is 2. The van der Waals surface area contributed by atoms with Gasteiger partial charge >= 0.3 is 0 Å². The van der Waals surface area contributed by atoms with Crippen LogP contribution in [0.25, 0.3) is 0 Å². The molecule has 26 heavy (non-hydrogen) atoms. The molecule has 1 heterocycles. The molecule has 1 aromatic heterocycles. The molecule has 1 N–H and O–H groups in total. The number of ether oxygens (including phenoxy) is 2. The van der Waals surface area contributed by atoms with E-state index in [1.54, 1.807) is 11.3 Å². The lowest BCUT2D eigenvalue weighted by Gasteiger charge is -2.15. The fraction of sp³-hybridized carbons (Fsp3) is 0.238. The Morgan fingerprint density at radius 2 is 1.77 bits per heavy atom. The van der Waals surface area contributed by atoms with Crippen LogP contribution in [0.1, 0.15) is 22.9 Å². The summed E-state index contributed by atoms with van der Waals surface area (Å²) in [6.45, 7) is 4.73. The highest BCUT2D eigenvalue weighted by atomic mass is 79.9. The zero-order valence-electron chi connectivity index (χ0n) is 14.7. The molecule has 0 saturated carbocycles. The molecule has 0 saturated heterocycles. The van der Waals surface area contributed by atoms with Crippen LogP contribution >= 0.6 is 27.3 Å².